The summed E-state index contributed by atoms with van der Waals surface area (Å²) < 4.78 is 67.5. The van der Waals surface area contributed by atoms with Gasteiger partial charge in [0.2, 0.25) is 0 Å². The largest absolute Gasteiger partial charge is 0.481 e. The lowest BCUT2D eigenvalue weighted by Crippen LogP contribution is -2.21. The molecule has 2 aromatic carbocycles. The average Bonchev–Trinajstić information content (AvgIpc) is 2.47. The van der Waals surface area contributed by atoms with Crippen molar-refractivity contribution in [3.63, 3.8) is 0 Å². The van der Waals surface area contributed by atoms with E-state index >= 15 is 0 Å². The minimum Gasteiger partial charge on any atom is -0.481 e. The lowest BCUT2D eigenvalue weighted by molar-refractivity contribution is -0.118. The van der Waals surface area contributed by atoms with Gasteiger partial charge in [0, 0.05) is 12.3 Å². The van der Waals surface area contributed by atoms with Gasteiger partial charge in [0.25, 0.3) is 5.91 Å². The van der Waals surface area contributed by atoms with Crippen LogP contribution in [0.4, 0.5) is 18.9 Å². The Morgan fingerprint density at radius 1 is 1.08 bits per heavy atom. The Bertz CT molecular complexity index is 884. The molecule has 9 heteroatoms. The van der Waals surface area contributed by atoms with E-state index in [1.807, 2.05) is 0 Å². The molecule has 0 fully saturated rings. The van der Waals surface area contributed by atoms with Crippen LogP contribution in [0.3, 0.4) is 0 Å². The van der Waals surface area contributed by atoms with E-state index in [0.29, 0.717) is 6.07 Å². The van der Waals surface area contributed by atoms with Crippen molar-refractivity contribution in [1.82, 2.24) is 0 Å². The van der Waals surface area contributed by atoms with Gasteiger partial charge in [-0.3, -0.25) is 4.79 Å². The zero-order valence-electron chi connectivity index (χ0n) is 12.3. The summed E-state index contributed by atoms with van der Waals surface area (Å²) in [5, 5.41) is 2.12. The SMILES string of the molecule is CS(=O)(=O)c1ccc(F)c(NC(=O)COc2ccc(F)cc2F)c1. The second-order valence-corrected chi connectivity index (χ2v) is 6.84. The van der Waals surface area contributed by atoms with Crippen LogP contribution in [0.1, 0.15) is 0 Å². The fraction of sp³-hybridized carbons (Fsp3) is 0.133. The molecule has 0 aliphatic heterocycles. The number of amides is 1. The Balaban J connectivity index is 2.07. The summed E-state index contributed by atoms with van der Waals surface area (Å²) in [5.41, 5.74) is -0.355. The van der Waals surface area contributed by atoms with Crippen LogP contribution >= 0.6 is 0 Å². The van der Waals surface area contributed by atoms with Gasteiger partial charge in [0.15, 0.2) is 28.0 Å². The minimum absolute atomic E-state index is 0.176. The normalized spacial score (nSPS) is 11.2. The highest BCUT2D eigenvalue weighted by atomic mass is 32.2. The van der Waals surface area contributed by atoms with Crippen molar-refractivity contribution in [3.8, 4) is 5.75 Å². The first-order valence-electron chi connectivity index (χ1n) is 6.54. The molecule has 0 atom stereocenters. The molecule has 0 bridgehead atoms. The summed E-state index contributed by atoms with van der Waals surface area (Å²) in [7, 11) is -3.58. The lowest BCUT2D eigenvalue weighted by atomic mass is 10.3. The minimum atomic E-state index is -3.58. The van der Waals surface area contributed by atoms with E-state index in [-0.39, 0.29) is 16.3 Å². The summed E-state index contributed by atoms with van der Waals surface area (Å²) in [6.45, 7) is -0.676. The van der Waals surface area contributed by atoms with E-state index < -0.39 is 39.8 Å². The Morgan fingerprint density at radius 2 is 1.79 bits per heavy atom. The van der Waals surface area contributed by atoms with Crippen molar-refractivity contribution in [2.24, 2.45) is 0 Å². The van der Waals surface area contributed by atoms with Gasteiger partial charge in [-0.05, 0) is 30.3 Å². The molecule has 128 valence electrons. The van der Waals surface area contributed by atoms with Crippen LogP contribution in [-0.2, 0) is 14.6 Å². The van der Waals surface area contributed by atoms with E-state index in [1.165, 1.54) is 0 Å². The lowest BCUT2D eigenvalue weighted by Gasteiger charge is -2.10. The third kappa shape index (κ3) is 4.48. The monoisotopic (exact) mass is 359 g/mol. The highest BCUT2D eigenvalue weighted by Crippen LogP contribution is 2.20. The van der Waals surface area contributed by atoms with Crippen LogP contribution < -0.4 is 10.1 Å². The van der Waals surface area contributed by atoms with Crippen LogP contribution in [-0.4, -0.2) is 27.2 Å². The predicted octanol–water partition coefficient (Wildman–Crippen LogP) is 2.52. The van der Waals surface area contributed by atoms with Gasteiger partial charge in [0.05, 0.1) is 10.6 Å². The van der Waals surface area contributed by atoms with Crippen LogP contribution in [0.25, 0.3) is 0 Å². The number of rotatable bonds is 5. The summed E-state index contributed by atoms with van der Waals surface area (Å²) in [5.74, 6) is -3.83. The molecule has 0 heterocycles. The molecule has 0 spiro atoms. The second-order valence-electron chi connectivity index (χ2n) is 4.83. The van der Waals surface area contributed by atoms with Crippen molar-refractivity contribution in [1.29, 1.82) is 0 Å². The molecule has 0 aliphatic rings. The molecule has 24 heavy (non-hydrogen) atoms. The molecule has 0 aliphatic carbocycles. The summed E-state index contributed by atoms with van der Waals surface area (Å²) in [6, 6.07) is 5.45. The molecule has 0 aromatic heterocycles. The Labute approximate surface area is 136 Å². The first kappa shape index (κ1) is 17.8. The fourth-order valence-corrected chi connectivity index (χ4v) is 2.40. The van der Waals surface area contributed by atoms with Gasteiger partial charge in [-0.1, -0.05) is 0 Å². The predicted molar refractivity (Wildman–Crippen MR) is 80.0 cm³/mol. The van der Waals surface area contributed by atoms with Crippen LogP contribution in [0.15, 0.2) is 41.3 Å². The summed E-state index contributed by atoms with van der Waals surface area (Å²) in [4.78, 5) is 11.6. The standard InChI is InChI=1S/C15H12F3NO4S/c1-24(21,22)10-3-4-11(17)13(7-10)19-15(20)8-23-14-5-2-9(16)6-12(14)18/h2-7H,8H2,1H3,(H,19,20). The second kappa shape index (κ2) is 6.91. The number of ether oxygens (including phenoxy) is 1. The number of halogens is 3. The van der Waals surface area contributed by atoms with Crippen molar-refractivity contribution < 1.29 is 31.1 Å². The topological polar surface area (TPSA) is 72.5 Å². The third-order valence-corrected chi connectivity index (χ3v) is 4.00. The van der Waals surface area contributed by atoms with E-state index in [1.54, 1.807) is 0 Å². The molecule has 0 saturated carbocycles. The van der Waals surface area contributed by atoms with E-state index in [9.17, 15) is 26.4 Å². The average molecular weight is 359 g/mol. The summed E-state index contributed by atoms with van der Waals surface area (Å²) in [6.07, 6.45) is 0.937. The van der Waals surface area contributed by atoms with Crippen LogP contribution in [0.5, 0.6) is 5.75 Å². The molecular weight excluding hydrogens is 347 g/mol. The first-order chi connectivity index (χ1) is 11.2. The smallest absolute Gasteiger partial charge is 0.262 e. The van der Waals surface area contributed by atoms with Gasteiger partial charge in [-0.15, -0.1) is 0 Å². The maximum atomic E-state index is 13.6. The molecule has 2 rings (SSSR count). The first-order valence-corrected chi connectivity index (χ1v) is 8.43. The fourth-order valence-electron chi connectivity index (χ4n) is 1.75. The zero-order valence-corrected chi connectivity index (χ0v) is 13.2. The number of nitrogens with one attached hydrogen (secondary N) is 1. The van der Waals surface area contributed by atoms with Crippen molar-refractivity contribution in [3.05, 3.63) is 53.8 Å². The Morgan fingerprint density at radius 3 is 2.42 bits per heavy atom. The molecular formula is C15H12F3NO4S. The van der Waals surface area contributed by atoms with Crippen molar-refractivity contribution in [2.45, 2.75) is 4.90 Å². The van der Waals surface area contributed by atoms with Gasteiger partial charge in [-0.25, -0.2) is 21.6 Å². The number of carbonyl (C=O) groups is 1. The Hall–Kier alpha value is -2.55. The van der Waals surface area contributed by atoms with Crippen LogP contribution in [0.2, 0.25) is 0 Å². The number of anilines is 1. The van der Waals surface area contributed by atoms with Gasteiger partial charge < -0.3 is 10.1 Å². The van der Waals surface area contributed by atoms with E-state index in [2.05, 4.69) is 5.32 Å². The molecule has 0 unspecified atom stereocenters. The van der Waals surface area contributed by atoms with E-state index in [0.717, 1.165) is 36.6 Å². The number of sulfone groups is 1. The molecule has 1 N–H and O–H groups in total. The highest BCUT2D eigenvalue weighted by Gasteiger charge is 2.14. The molecule has 0 radical (unpaired) electrons. The zero-order chi connectivity index (χ0) is 17.9. The number of carbonyl (C=O) groups excluding carboxylic acids is 1. The van der Waals surface area contributed by atoms with Gasteiger partial charge >= 0.3 is 0 Å². The summed E-state index contributed by atoms with van der Waals surface area (Å²) >= 11 is 0. The van der Waals surface area contributed by atoms with Crippen LogP contribution in [0, 0.1) is 17.5 Å². The van der Waals surface area contributed by atoms with Crippen molar-refractivity contribution >= 4 is 21.4 Å². The molecule has 2 aromatic rings. The number of hydrogen-bond acceptors (Lipinski definition) is 4. The molecule has 5 nitrogen and oxygen atoms in total. The number of benzene rings is 2. The number of hydrogen-bond donors (Lipinski definition) is 1. The third-order valence-electron chi connectivity index (χ3n) is 2.89. The highest BCUT2D eigenvalue weighted by molar-refractivity contribution is 7.90. The quantitative estimate of drug-likeness (QED) is 0.833. The van der Waals surface area contributed by atoms with Gasteiger partial charge in [0.1, 0.15) is 11.6 Å². The maximum absolute atomic E-state index is 13.6. The molecule has 0 saturated heterocycles. The molecule has 1 amide bonds. The van der Waals surface area contributed by atoms with Gasteiger partial charge in [-0.2, -0.15) is 0 Å². The van der Waals surface area contributed by atoms with Crippen molar-refractivity contribution in [2.75, 3.05) is 18.2 Å². The Kier molecular flexibility index (Phi) is 5.13. The van der Waals surface area contributed by atoms with E-state index in [4.69, 9.17) is 4.74 Å². The maximum Gasteiger partial charge on any atom is 0.262 e.